The molecule has 6 rings (SSSR count). The number of benzene rings is 2. The first-order valence-electron chi connectivity index (χ1n) is 11.6. The van der Waals surface area contributed by atoms with Gasteiger partial charge in [-0.3, -0.25) is 9.97 Å². The molecule has 4 heterocycles. The Hall–Kier alpha value is -4.42. The predicted octanol–water partition coefficient (Wildman–Crippen LogP) is 7.52. The van der Waals surface area contributed by atoms with Gasteiger partial charge in [0.15, 0.2) is 0 Å². The lowest BCUT2D eigenvalue weighted by atomic mass is 9.99. The minimum Gasteiger partial charge on any atom is -0.497 e. The summed E-state index contributed by atoms with van der Waals surface area (Å²) in [5.41, 5.74) is 7.25. The van der Waals surface area contributed by atoms with Gasteiger partial charge < -0.3 is 13.7 Å². The van der Waals surface area contributed by atoms with Crippen molar-refractivity contribution in [2.24, 2.45) is 0 Å². The molecule has 6 aromatic rings. The number of furan rings is 1. The van der Waals surface area contributed by atoms with Crippen molar-refractivity contribution in [3.63, 3.8) is 0 Å². The average molecular weight is 490 g/mol. The van der Waals surface area contributed by atoms with Gasteiger partial charge in [-0.1, -0.05) is 36.4 Å². The minimum atomic E-state index is 0.706. The molecule has 0 N–H and O–H groups in total. The lowest BCUT2D eigenvalue weighted by Gasteiger charge is -2.15. The first kappa shape index (κ1) is 22.1. The number of aromatic nitrogens is 3. The zero-order valence-corrected chi connectivity index (χ0v) is 20.5. The smallest absolute Gasteiger partial charge is 0.136 e. The Morgan fingerprint density at radius 1 is 0.889 bits per heavy atom. The number of thiophene rings is 1. The standard InChI is InChI=1S/C30H23N3O2S/c1-34-23-13-11-22(12-14-23)33-25(19-21-7-3-2-4-8-21)28(24-20-31-15-16-32-24)29(26-9-5-17-35-26)30(33)27-10-6-18-36-27/h2-18,20H,19H2,1H3. The number of methoxy groups -OCH3 is 1. The molecule has 0 atom stereocenters. The van der Waals surface area contributed by atoms with Crippen LogP contribution in [0.5, 0.6) is 5.75 Å². The summed E-state index contributed by atoms with van der Waals surface area (Å²) in [5.74, 6) is 1.61. The van der Waals surface area contributed by atoms with Gasteiger partial charge in [-0.15, -0.1) is 11.3 Å². The molecular weight excluding hydrogens is 466 g/mol. The van der Waals surface area contributed by atoms with Crippen LogP contribution in [0.3, 0.4) is 0 Å². The van der Waals surface area contributed by atoms with Crippen LogP contribution in [0, 0.1) is 0 Å². The second-order valence-electron chi connectivity index (χ2n) is 8.29. The Morgan fingerprint density at radius 2 is 1.75 bits per heavy atom. The Labute approximate surface area is 213 Å². The Balaban J connectivity index is 1.74. The second kappa shape index (κ2) is 9.68. The fourth-order valence-corrected chi connectivity index (χ4v) is 5.37. The van der Waals surface area contributed by atoms with Crippen LogP contribution >= 0.6 is 11.3 Å². The SMILES string of the molecule is COc1ccc(-n2c(Cc3ccccc3)c(-c3cnccn3)c(-c3ccco3)c2-c2cccs2)cc1. The molecule has 0 radical (unpaired) electrons. The number of hydrogen-bond acceptors (Lipinski definition) is 5. The van der Waals surface area contributed by atoms with E-state index >= 15 is 0 Å². The van der Waals surface area contributed by atoms with Gasteiger partial charge in [-0.2, -0.15) is 0 Å². The first-order chi connectivity index (χ1) is 17.8. The molecular formula is C30H23N3O2S. The van der Waals surface area contributed by atoms with Crippen molar-refractivity contribution in [2.45, 2.75) is 6.42 Å². The van der Waals surface area contributed by atoms with E-state index in [9.17, 15) is 0 Å². The molecule has 6 heteroatoms. The van der Waals surface area contributed by atoms with E-state index in [-0.39, 0.29) is 0 Å². The quantitative estimate of drug-likeness (QED) is 0.233. The maximum absolute atomic E-state index is 6.03. The maximum atomic E-state index is 6.03. The average Bonchev–Trinajstić information content (AvgIpc) is 3.70. The Bertz CT molecular complexity index is 1560. The van der Waals surface area contributed by atoms with Crippen molar-refractivity contribution in [3.05, 3.63) is 120 Å². The molecule has 0 amide bonds. The van der Waals surface area contributed by atoms with Crippen LogP contribution < -0.4 is 4.74 Å². The molecule has 4 aromatic heterocycles. The van der Waals surface area contributed by atoms with Crippen molar-refractivity contribution in [2.75, 3.05) is 7.11 Å². The van der Waals surface area contributed by atoms with Crippen LogP contribution in [-0.4, -0.2) is 21.6 Å². The van der Waals surface area contributed by atoms with Gasteiger partial charge in [0.2, 0.25) is 0 Å². The van der Waals surface area contributed by atoms with E-state index in [2.05, 4.69) is 63.5 Å². The molecule has 2 aromatic carbocycles. The number of ether oxygens (including phenoxy) is 1. The molecule has 176 valence electrons. The van der Waals surface area contributed by atoms with E-state index in [4.69, 9.17) is 14.1 Å². The number of nitrogens with zero attached hydrogens (tertiary/aromatic N) is 3. The van der Waals surface area contributed by atoms with Crippen molar-refractivity contribution in [1.29, 1.82) is 0 Å². The van der Waals surface area contributed by atoms with Gasteiger partial charge in [0.25, 0.3) is 0 Å². The monoisotopic (exact) mass is 489 g/mol. The molecule has 0 saturated carbocycles. The molecule has 0 aliphatic heterocycles. The van der Waals surface area contributed by atoms with Crippen LogP contribution in [-0.2, 0) is 6.42 Å². The third kappa shape index (κ3) is 4.01. The van der Waals surface area contributed by atoms with E-state index in [0.717, 1.165) is 50.3 Å². The summed E-state index contributed by atoms with van der Waals surface area (Å²) in [6.07, 6.45) is 7.69. The van der Waals surface area contributed by atoms with Crippen molar-refractivity contribution in [1.82, 2.24) is 14.5 Å². The largest absolute Gasteiger partial charge is 0.497 e. The van der Waals surface area contributed by atoms with Gasteiger partial charge in [0.1, 0.15) is 11.5 Å². The van der Waals surface area contributed by atoms with Crippen LogP contribution in [0.2, 0.25) is 0 Å². The summed E-state index contributed by atoms with van der Waals surface area (Å²) in [4.78, 5) is 10.3. The Morgan fingerprint density at radius 3 is 2.42 bits per heavy atom. The fraction of sp³-hybridized carbons (Fsp3) is 0.0667. The number of hydrogen-bond donors (Lipinski definition) is 0. The maximum Gasteiger partial charge on any atom is 0.136 e. The molecule has 0 aliphatic rings. The zero-order valence-electron chi connectivity index (χ0n) is 19.7. The van der Waals surface area contributed by atoms with E-state index in [1.807, 2.05) is 36.5 Å². The van der Waals surface area contributed by atoms with E-state index < -0.39 is 0 Å². The van der Waals surface area contributed by atoms with Crippen molar-refractivity contribution < 1.29 is 9.15 Å². The Kier molecular flexibility index (Phi) is 5.93. The zero-order chi connectivity index (χ0) is 24.3. The van der Waals surface area contributed by atoms with Gasteiger partial charge >= 0.3 is 0 Å². The number of rotatable bonds is 7. The third-order valence-electron chi connectivity index (χ3n) is 6.16. The molecule has 0 spiro atoms. The fourth-order valence-electron chi connectivity index (χ4n) is 4.61. The van der Waals surface area contributed by atoms with E-state index in [0.29, 0.717) is 6.42 Å². The summed E-state index contributed by atoms with van der Waals surface area (Å²) in [6.45, 7) is 0. The molecule has 0 fully saturated rings. The van der Waals surface area contributed by atoms with Crippen molar-refractivity contribution >= 4 is 11.3 Å². The summed E-state index contributed by atoms with van der Waals surface area (Å²) in [5, 5.41) is 2.10. The minimum absolute atomic E-state index is 0.706. The lowest BCUT2D eigenvalue weighted by Crippen LogP contribution is -2.04. The second-order valence-corrected chi connectivity index (χ2v) is 9.23. The summed E-state index contributed by atoms with van der Waals surface area (Å²) >= 11 is 1.70. The molecule has 0 unspecified atom stereocenters. The van der Waals surface area contributed by atoms with Crippen LogP contribution in [0.1, 0.15) is 11.3 Å². The highest BCUT2D eigenvalue weighted by molar-refractivity contribution is 7.13. The highest BCUT2D eigenvalue weighted by atomic mass is 32.1. The van der Waals surface area contributed by atoms with Gasteiger partial charge in [0.05, 0.1) is 41.4 Å². The van der Waals surface area contributed by atoms with Gasteiger partial charge in [-0.05, 0) is 53.4 Å². The summed E-state index contributed by atoms with van der Waals surface area (Å²) in [7, 11) is 1.68. The van der Waals surface area contributed by atoms with E-state index in [1.54, 1.807) is 37.1 Å². The third-order valence-corrected chi connectivity index (χ3v) is 7.03. The van der Waals surface area contributed by atoms with Crippen LogP contribution in [0.4, 0.5) is 0 Å². The van der Waals surface area contributed by atoms with E-state index in [1.165, 1.54) is 5.56 Å². The van der Waals surface area contributed by atoms with Crippen LogP contribution in [0.25, 0.3) is 38.8 Å². The van der Waals surface area contributed by atoms with Crippen molar-refractivity contribution in [3.8, 4) is 44.6 Å². The van der Waals surface area contributed by atoms with Gasteiger partial charge in [-0.25, -0.2) is 0 Å². The predicted molar refractivity (Wildman–Crippen MR) is 144 cm³/mol. The molecule has 0 bridgehead atoms. The molecule has 0 aliphatic carbocycles. The summed E-state index contributed by atoms with van der Waals surface area (Å²) < 4.78 is 13.8. The normalized spacial score (nSPS) is 11.0. The van der Waals surface area contributed by atoms with Gasteiger partial charge in [0, 0.05) is 35.8 Å². The first-order valence-corrected chi connectivity index (χ1v) is 12.5. The lowest BCUT2D eigenvalue weighted by molar-refractivity contribution is 0.414. The highest BCUT2D eigenvalue weighted by Gasteiger charge is 2.29. The molecule has 36 heavy (non-hydrogen) atoms. The molecule has 0 saturated heterocycles. The highest BCUT2D eigenvalue weighted by Crippen LogP contribution is 2.47. The molecule has 5 nitrogen and oxygen atoms in total. The topological polar surface area (TPSA) is 53.1 Å². The van der Waals surface area contributed by atoms with Crippen LogP contribution in [0.15, 0.2) is 114 Å². The summed E-state index contributed by atoms with van der Waals surface area (Å²) in [6, 6.07) is 26.9.